The van der Waals surface area contributed by atoms with Gasteiger partial charge in [0.05, 0.1) is 17.4 Å². The van der Waals surface area contributed by atoms with Crippen LogP contribution in [-0.4, -0.2) is 48.8 Å². The van der Waals surface area contributed by atoms with Gasteiger partial charge in [-0.15, -0.1) is 0 Å². The number of aliphatic hydroxyl groups excluding tert-OH is 1. The minimum atomic E-state index is -0.912. The molecule has 1 saturated heterocycles. The first kappa shape index (κ1) is 22.0. The molecule has 0 spiro atoms. The summed E-state index contributed by atoms with van der Waals surface area (Å²) in [5.74, 6) is 0.824. The molecule has 1 atom stereocenters. The second-order valence-corrected chi connectivity index (χ2v) is 10.9. The highest BCUT2D eigenvalue weighted by Gasteiger charge is 2.71. The number of halogens is 2. The van der Waals surface area contributed by atoms with Gasteiger partial charge in [-0.05, 0) is 18.8 Å². The molecule has 2 aromatic rings. The van der Waals surface area contributed by atoms with Crippen LogP contribution >= 0.6 is 0 Å². The number of imidazole rings is 2. The van der Waals surface area contributed by atoms with Crippen LogP contribution in [0.2, 0.25) is 0 Å². The fourth-order valence-corrected chi connectivity index (χ4v) is 6.04. The van der Waals surface area contributed by atoms with E-state index in [-0.39, 0.29) is 17.0 Å². The molecule has 1 N–H and O–H groups in total. The fourth-order valence-electron chi connectivity index (χ4n) is 6.04. The molecule has 0 amide bonds. The van der Waals surface area contributed by atoms with Gasteiger partial charge in [-0.2, -0.15) is 0 Å². The lowest BCUT2D eigenvalue weighted by molar-refractivity contribution is -0.200. The predicted molar refractivity (Wildman–Crippen MR) is 116 cm³/mol. The lowest BCUT2D eigenvalue weighted by Crippen LogP contribution is -2.70. The van der Waals surface area contributed by atoms with Gasteiger partial charge in [0.2, 0.25) is 0 Å². The standard InChI is InChI=1S/C12H17FN2O.C8H9FN2.C4H8O/c1-8(2)9(16)10-14-3-4-15(10)12-5-11(13,6-12)7-12;9-7-3-8(4-7,5-7)11-2-1-10-6-11;1-2-4-5-3-1/h3-4,8-9,16H,5-7H2,1-2H3;1-2,6H,3-5H2;1-4H2. The third-order valence-electron chi connectivity index (χ3n) is 7.83. The van der Waals surface area contributed by atoms with Gasteiger partial charge >= 0.3 is 0 Å². The predicted octanol–water partition coefficient (Wildman–Crippen LogP) is 4.45. The van der Waals surface area contributed by atoms with Crippen molar-refractivity contribution >= 4 is 0 Å². The highest BCUT2D eigenvalue weighted by Crippen LogP contribution is 2.68. The van der Waals surface area contributed by atoms with Crippen molar-refractivity contribution in [3.63, 3.8) is 0 Å². The maximum Gasteiger partial charge on any atom is 0.138 e. The molecule has 6 saturated carbocycles. The van der Waals surface area contributed by atoms with Crippen LogP contribution in [-0.2, 0) is 15.8 Å². The fraction of sp³-hybridized carbons (Fsp3) is 0.750. The summed E-state index contributed by atoms with van der Waals surface area (Å²) in [5, 5.41) is 10.1. The maximum absolute atomic E-state index is 13.5. The average molecular weight is 449 g/mol. The van der Waals surface area contributed by atoms with E-state index in [1.54, 1.807) is 18.7 Å². The maximum atomic E-state index is 13.5. The van der Waals surface area contributed by atoms with E-state index < -0.39 is 17.4 Å². The van der Waals surface area contributed by atoms with Crippen molar-refractivity contribution in [2.75, 3.05) is 13.2 Å². The van der Waals surface area contributed by atoms with Crippen LogP contribution in [0.25, 0.3) is 0 Å². The first-order valence-corrected chi connectivity index (χ1v) is 11.8. The first-order chi connectivity index (χ1) is 15.2. The van der Waals surface area contributed by atoms with Crippen molar-refractivity contribution in [3.8, 4) is 0 Å². The lowest BCUT2D eigenvalue weighted by Gasteiger charge is -2.66. The van der Waals surface area contributed by atoms with E-state index in [0.29, 0.717) is 44.3 Å². The van der Waals surface area contributed by atoms with Gasteiger partial charge in [0, 0.05) is 76.5 Å². The number of aliphatic hydroxyl groups is 1. The minimum absolute atomic E-state index is 0.0730. The third-order valence-corrected chi connectivity index (χ3v) is 7.83. The smallest absolute Gasteiger partial charge is 0.138 e. The molecule has 8 heteroatoms. The lowest BCUT2D eigenvalue weighted by atomic mass is 9.47. The number of alkyl halides is 2. The van der Waals surface area contributed by atoms with Gasteiger partial charge in [0.25, 0.3) is 0 Å². The minimum Gasteiger partial charge on any atom is -0.385 e. The Bertz CT molecular complexity index is 891. The Kier molecular flexibility index (Phi) is 5.24. The summed E-state index contributed by atoms with van der Waals surface area (Å²) < 4.78 is 35.6. The highest BCUT2D eigenvalue weighted by atomic mass is 19.1. The van der Waals surface area contributed by atoms with Gasteiger partial charge in [0.15, 0.2) is 0 Å². The van der Waals surface area contributed by atoms with Gasteiger partial charge in [0.1, 0.15) is 23.3 Å². The molecular formula is C24H34F2N4O2. The molecule has 7 fully saturated rings. The summed E-state index contributed by atoms with van der Waals surface area (Å²) in [4.78, 5) is 8.18. The molecule has 2 aromatic heterocycles. The largest absolute Gasteiger partial charge is 0.385 e. The molecule has 32 heavy (non-hydrogen) atoms. The molecule has 3 heterocycles. The van der Waals surface area contributed by atoms with E-state index >= 15 is 0 Å². The zero-order chi connectivity index (χ0) is 22.6. The average Bonchev–Trinajstić information content (AvgIpc) is 3.44. The van der Waals surface area contributed by atoms with Gasteiger partial charge in [-0.25, -0.2) is 18.7 Å². The van der Waals surface area contributed by atoms with Crippen LogP contribution in [0.1, 0.15) is 77.1 Å². The van der Waals surface area contributed by atoms with Crippen molar-refractivity contribution in [3.05, 3.63) is 36.9 Å². The molecule has 1 unspecified atom stereocenters. The van der Waals surface area contributed by atoms with Crippen molar-refractivity contribution in [2.24, 2.45) is 5.92 Å². The normalized spacial score (nSPS) is 38.7. The van der Waals surface area contributed by atoms with Crippen LogP contribution in [0, 0.1) is 5.92 Å². The molecule has 0 aromatic carbocycles. The van der Waals surface area contributed by atoms with Crippen molar-refractivity contribution < 1.29 is 18.6 Å². The Morgan fingerprint density at radius 3 is 1.97 bits per heavy atom. The number of hydrogen-bond donors (Lipinski definition) is 1. The summed E-state index contributed by atoms with van der Waals surface area (Å²) in [5.41, 5.74) is -1.66. The van der Waals surface area contributed by atoms with E-state index in [9.17, 15) is 13.9 Å². The molecule has 0 radical (unpaired) electrons. The van der Waals surface area contributed by atoms with Crippen molar-refractivity contribution in [1.29, 1.82) is 0 Å². The van der Waals surface area contributed by atoms with Crippen molar-refractivity contribution in [1.82, 2.24) is 19.1 Å². The first-order valence-electron chi connectivity index (χ1n) is 11.8. The second kappa shape index (κ2) is 7.62. The van der Waals surface area contributed by atoms with E-state index in [4.69, 9.17) is 4.74 Å². The van der Waals surface area contributed by atoms with E-state index in [0.717, 1.165) is 13.2 Å². The van der Waals surface area contributed by atoms with Crippen LogP contribution in [0.3, 0.4) is 0 Å². The second-order valence-electron chi connectivity index (χ2n) is 10.9. The van der Waals surface area contributed by atoms with E-state index in [2.05, 4.69) is 9.97 Å². The van der Waals surface area contributed by atoms with Crippen LogP contribution in [0.15, 0.2) is 31.1 Å². The Hall–Kier alpha value is -1.80. The summed E-state index contributed by atoms with van der Waals surface area (Å²) in [6, 6.07) is 0. The number of hydrogen-bond acceptors (Lipinski definition) is 4. The van der Waals surface area contributed by atoms with Gasteiger partial charge < -0.3 is 19.0 Å². The molecule has 7 aliphatic rings. The highest BCUT2D eigenvalue weighted by molar-refractivity contribution is 5.25. The quantitative estimate of drug-likeness (QED) is 0.750. The summed E-state index contributed by atoms with van der Waals surface area (Å²) in [6.45, 7) is 5.92. The Labute approximate surface area is 188 Å². The monoisotopic (exact) mass is 448 g/mol. The summed E-state index contributed by atoms with van der Waals surface area (Å²) in [7, 11) is 0. The zero-order valence-electron chi connectivity index (χ0n) is 19.0. The number of ether oxygens (including phenoxy) is 1. The Morgan fingerprint density at radius 1 is 0.938 bits per heavy atom. The van der Waals surface area contributed by atoms with Crippen LogP contribution in [0.5, 0.6) is 0 Å². The summed E-state index contributed by atoms with van der Waals surface area (Å²) in [6.07, 6.45) is 14.9. The van der Waals surface area contributed by atoms with E-state index in [1.165, 1.54) is 12.8 Å². The topological polar surface area (TPSA) is 65.1 Å². The van der Waals surface area contributed by atoms with Crippen LogP contribution < -0.4 is 0 Å². The van der Waals surface area contributed by atoms with Crippen molar-refractivity contribution in [2.45, 2.75) is 93.7 Å². The number of nitrogens with zero attached hydrogens (tertiary/aromatic N) is 4. The zero-order valence-corrected chi connectivity index (χ0v) is 19.0. The molecule has 6 aliphatic carbocycles. The third kappa shape index (κ3) is 3.59. The van der Waals surface area contributed by atoms with E-state index in [1.807, 2.05) is 35.4 Å². The summed E-state index contributed by atoms with van der Waals surface area (Å²) >= 11 is 0. The Balaban J connectivity index is 0.000000116. The van der Waals surface area contributed by atoms with Gasteiger partial charge in [-0.3, -0.25) is 0 Å². The van der Waals surface area contributed by atoms with Crippen LogP contribution in [0.4, 0.5) is 8.78 Å². The molecule has 1 aliphatic heterocycles. The number of aromatic nitrogens is 4. The molecular weight excluding hydrogens is 414 g/mol. The molecule has 176 valence electrons. The SMILES string of the molecule is C1CCOC1.CC(C)C(O)c1nccn1C12CC(F)(C1)C2.FC12CC(n3ccnc3)(C1)C2. The molecule has 4 bridgehead atoms. The Morgan fingerprint density at radius 2 is 1.53 bits per heavy atom. The molecule has 6 nitrogen and oxygen atoms in total. The molecule has 9 rings (SSSR count). The van der Waals surface area contributed by atoms with Gasteiger partial charge in [-0.1, -0.05) is 13.8 Å². The number of rotatable bonds is 4.